The maximum Gasteiger partial charge on any atom is 0.0830 e. The van der Waals surface area contributed by atoms with Crippen molar-refractivity contribution in [2.24, 2.45) is 17.8 Å². The highest BCUT2D eigenvalue weighted by atomic mass is 16.5. The molecule has 3 aliphatic rings. The van der Waals surface area contributed by atoms with Crippen LogP contribution in [0, 0.1) is 17.8 Å². The second kappa shape index (κ2) is 6.36. The van der Waals surface area contributed by atoms with Crippen molar-refractivity contribution in [1.82, 2.24) is 5.32 Å². The van der Waals surface area contributed by atoms with Crippen molar-refractivity contribution in [3.63, 3.8) is 0 Å². The third-order valence-corrected chi connectivity index (χ3v) is 6.76. The first-order chi connectivity index (χ1) is 9.77. The summed E-state index contributed by atoms with van der Waals surface area (Å²) in [4.78, 5) is 0. The molecule has 0 aromatic heterocycles. The first kappa shape index (κ1) is 14.8. The number of rotatable bonds is 5. The Hall–Kier alpha value is -0.0800. The quantitative estimate of drug-likeness (QED) is 0.764. The smallest absolute Gasteiger partial charge is 0.0830 e. The zero-order chi connectivity index (χ0) is 14.0. The van der Waals surface area contributed by atoms with E-state index in [4.69, 9.17) is 4.74 Å². The second-order valence-electron chi connectivity index (χ2n) is 7.70. The molecule has 0 aromatic carbocycles. The van der Waals surface area contributed by atoms with Gasteiger partial charge < -0.3 is 10.1 Å². The summed E-state index contributed by atoms with van der Waals surface area (Å²) in [5.74, 6) is 3.08. The predicted molar refractivity (Wildman–Crippen MR) is 83.8 cm³/mol. The Morgan fingerprint density at radius 1 is 1.10 bits per heavy atom. The van der Waals surface area contributed by atoms with E-state index in [2.05, 4.69) is 12.4 Å². The largest absolute Gasteiger partial charge is 0.377 e. The van der Waals surface area contributed by atoms with Crippen molar-refractivity contribution < 1.29 is 4.74 Å². The lowest BCUT2D eigenvalue weighted by molar-refractivity contribution is -0.0581. The van der Waals surface area contributed by atoms with E-state index in [9.17, 15) is 0 Å². The van der Waals surface area contributed by atoms with Crippen molar-refractivity contribution in [3.05, 3.63) is 0 Å². The van der Waals surface area contributed by atoms with Crippen LogP contribution in [-0.4, -0.2) is 25.8 Å². The maximum absolute atomic E-state index is 6.14. The van der Waals surface area contributed by atoms with Gasteiger partial charge in [0, 0.05) is 13.2 Å². The SMILES string of the molecule is CNC(CC1CC2CCC1C2)C1(OC)CCCCCC1. The topological polar surface area (TPSA) is 21.3 Å². The molecule has 4 unspecified atom stereocenters. The van der Waals surface area contributed by atoms with E-state index < -0.39 is 0 Å². The standard InChI is InChI=1S/C18H33NO/c1-19-17(13-16-12-14-7-8-15(16)11-14)18(20-2)9-5-3-4-6-10-18/h14-17,19H,3-13H2,1-2H3. The summed E-state index contributed by atoms with van der Waals surface area (Å²) in [6, 6.07) is 0.565. The molecule has 2 heteroatoms. The summed E-state index contributed by atoms with van der Waals surface area (Å²) in [5.41, 5.74) is 0.118. The molecule has 4 atom stereocenters. The van der Waals surface area contributed by atoms with Gasteiger partial charge in [-0.3, -0.25) is 0 Å². The Balaban J connectivity index is 1.67. The van der Waals surface area contributed by atoms with Gasteiger partial charge in [0.15, 0.2) is 0 Å². The summed E-state index contributed by atoms with van der Waals surface area (Å²) < 4.78 is 6.14. The molecule has 2 nitrogen and oxygen atoms in total. The van der Waals surface area contributed by atoms with E-state index in [1.54, 1.807) is 0 Å². The van der Waals surface area contributed by atoms with Crippen LogP contribution < -0.4 is 5.32 Å². The van der Waals surface area contributed by atoms with Crippen molar-refractivity contribution in [3.8, 4) is 0 Å². The summed E-state index contributed by atoms with van der Waals surface area (Å²) in [5, 5.41) is 3.65. The van der Waals surface area contributed by atoms with Crippen molar-refractivity contribution >= 4 is 0 Å². The lowest BCUT2D eigenvalue weighted by Crippen LogP contribution is -2.52. The fourth-order valence-corrected chi connectivity index (χ4v) is 5.59. The molecule has 1 N–H and O–H groups in total. The fraction of sp³-hybridized carbons (Fsp3) is 1.00. The van der Waals surface area contributed by atoms with Gasteiger partial charge in [-0.1, -0.05) is 32.1 Å². The first-order valence-electron chi connectivity index (χ1n) is 9.00. The molecule has 0 aliphatic heterocycles. The van der Waals surface area contributed by atoms with Crippen molar-refractivity contribution in [1.29, 1.82) is 0 Å². The summed E-state index contributed by atoms with van der Waals surface area (Å²) in [6.45, 7) is 0. The lowest BCUT2D eigenvalue weighted by atomic mass is 9.77. The highest BCUT2D eigenvalue weighted by Crippen LogP contribution is 2.51. The second-order valence-corrected chi connectivity index (χ2v) is 7.70. The van der Waals surface area contributed by atoms with E-state index in [0.29, 0.717) is 6.04 Å². The van der Waals surface area contributed by atoms with E-state index >= 15 is 0 Å². The molecule has 0 heterocycles. The Labute approximate surface area is 125 Å². The van der Waals surface area contributed by atoms with Crippen LogP contribution in [0.4, 0.5) is 0 Å². The Bertz CT molecular complexity index is 309. The third-order valence-electron chi connectivity index (χ3n) is 6.76. The number of methoxy groups -OCH3 is 1. The number of fused-ring (bicyclic) bond motifs is 2. The molecule has 0 radical (unpaired) electrons. The molecule has 0 aromatic rings. The molecule has 20 heavy (non-hydrogen) atoms. The van der Waals surface area contributed by atoms with Crippen LogP contribution in [0.15, 0.2) is 0 Å². The monoisotopic (exact) mass is 279 g/mol. The van der Waals surface area contributed by atoms with Crippen LogP contribution in [0.3, 0.4) is 0 Å². The van der Waals surface area contributed by atoms with E-state index in [0.717, 1.165) is 17.8 Å². The van der Waals surface area contributed by atoms with Gasteiger partial charge in [-0.25, -0.2) is 0 Å². The number of ether oxygens (including phenoxy) is 1. The number of nitrogens with one attached hydrogen (secondary N) is 1. The molecule has 2 bridgehead atoms. The number of hydrogen-bond donors (Lipinski definition) is 1. The van der Waals surface area contributed by atoms with E-state index in [1.165, 1.54) is 70.6 Å². The summed E-state index contributed by atoms with van der Waals surface area (Å²) >= 11 is 0. The lowest BCUT2D eigenvalue weighted by Gasteiger charge is -2.41. The highest BCUT2D eigenvalue weighted by Gasteiger charge is 2.44. The molecule has 3 rings (SSSR count). The predicted octanol–water partition coefficient (Wildman–Crippen LogP) is 4.14. The molecular formula is C18H33NO. The van der Waals surface area contributed by atoms with Crippen LogP contribution in [0.25, 0.3) is 0 Å². The van der Waals surface area contributed by atoms with Crippen LogP contribution in [-0.2, 0) is 4.74 Å². The number of hydrogen-bond acceptors (Lipinski definition) is 2. The normalized spacial score (nSPS) is 37.8. The summed E-state index contributed by atoms with van der Waals surface area (Å²) in [6.07, 6.45) is 15.4. The molecule has 0 saturated heterocycles. The van der Waals surface area contributed by atoms with Gasteiger partial charge in [0.25, 0.3) is 0 Å². The molecule has 116 valence electrons. The minimum atomic E-state index is 0.118. The Kier molecular flexibility index (Phi) is 4.72. The molecule has 3 aliphatic carbocycles. The fourth-order valence-electron chi connectivity index (χ4n) is 5.59. The molecular weight excluding hydrogens is 246 g/mol. The zero-order valence-corrected chi connectivity index (χ0v) is 13.5. The van der Waals surface area contributed by atoms with Gasteiger partial charge in [-0.15, -0.1) is 0 Å². The van der Waals surface area contributed by atoms with E-state index in [-0.39, 0.29) is 5.60 Å². The highest BCUT2D eigenvalue weighted by molar-refractivity contribution is 4.98. The van der Waals surface area contributed by atoms with Gasteiger partial charge >= 0.3 is 0 Å². The van der Waals surface area contributed by atoms with Crippen LogP contribution in [0.2, 0.25) is 0 Å². The number of likely N-dealkylation sites (N-methyl/N-ethyl adjacent to an activating group) is 1. The first-order valence-corrected chi connectivity index (χ1v) is 9.00. The van der Waals surface area contributed by atoms with Crippen LogP contribution >= 0.6 is 0 Å². The van der Waals surface area contributed by atoms with Gasteiger partial charge in [0.05, 0.1) is 5.60 Å². The molecule has 3 saturated carbocycles. The maximum atomic E-state index is 6.14. The van der Waals surface area contributed by atoms with E-state index in [1.807, 2.05) is 7.11 Å². The average Bonchev–Trinajstić information content (AvgIpc) is 3.01. The van der Waals surface area contributed by atoms with Crippen LogP contribution in [0.1, 0.15) is 70.6 Å². The van der Waals surface area contributed by atoms with Gasteiger partial charge in [-0.2, -0.15) is 0 Å². The Morgan fingerprint density at radius 3 is 2.35 bits per heavy atom. The minimum Gasteiger partial charge on any atom is -0.377 e. The minimum absolute atomic E-state index is 0.118. The Morgan fingerprint density at radius 2 is 1.85 bits per heavy atom. The molecule has 0 amide bonds. The average molecular weight is 279 g/mol. The molecule has 0 spiro atoms. The van der Waals surface area contributed by atoms with Gasteiger partial charge in [0.1, 0.15) is 0 Å². The van der Waals surface area contributed by atoms with Gasteiger partial charge in [0.2, 0.25) is 0 Å². The van der Waals surface area contributed by atoms with Crippen molar-refractivity contribution in [2.75, 3.05) is 14.2 Å². The molecule has 3 fully saturated rings. The van der Waals surface area contributed by atoms with Gasteiger partial charge in [-0.05, 0) is 63.3 Å². The zero-order valence-electron chi connectivity index (χ0n) is 13.5. The van der Waals surface area contributed by atoms with Crippen molar-refractivity contribution in [2.45, 2.75) is 82.3 Å². The van der Waals surface area contributed by atoms with Crippen LogP contribution in [0.5, 0.6) is 0 Å². The summed E-state index contributed by atoms with van der Waals surface area (Å²) in [7, 11) is 4.11. The third kappa shape index (κ3) is 2.78.